The minimum atomic E-state index is -0.273. The third kappa shape index (κ3) is 3.37. The second kappa shape index (κ2) is 7.70. The van der Waals surface area contributed by atoms with Crippen molar-refractivity contribution in [3.8, 4) is 0 Å². The number of rotatable bonds is 6. The normalized spacial score (nSPS) is 13.9. The zero-order chi connectivity index (χ0) is 17.1. The van der Waals surface area contributed by atoms with Crippen LogP contribution in [0.15, 0.2) is 9.95 Å². The van der Waals surface area contributed by atoms with E-state index in [1.807, 2.05) is 6.92 Å². The Hall–Kier alpha value is -1.34. The highest BCUT2D eigenvalue weighted by Gasteiger charge is 2.22. The maximum Gasteiger partial charge on any atom is 0.316 e. The van der Waals surface area contributed by atoms with E-state index in [9.17, 15) is 9.59 Å². The molecular weight excluding hydrogens is 344 g/mol. The molecule has 0 radical (unpaired) electrons. The molecule has 0 saturated carbocycles. The second-order valence-corrected chi connectivity index (χ2v) is 7.86. The van der Waals surface area contributed by atoms with Crippen molar-refractivity contribution in [3.63, 3.8) is 0 Å². The third-order valence-corrected chi connectivity index (χ3v) is 6.25. The number of thioether (sulfide) groups is 1. The topological polar surface area (TPSA) is 61.2 Å². The summed E-state index contributed by atoms with van der Waals surface area (Å²) in [7, 11) is 0. The van der Waals surface area contributed by atoms with Crippen LogP contribution < -0.4 is 5.56 Å². The molecule has 0 atom stereocenters. The summed E-state index contributed by atoms with van der Waals surface area (Å²) in [5, 5.41) is 1.43. The predicted molar refractivity (Wildman–Crippen MR) is 98.2 cm³/mol. The maximum absolute atomic E-state index is 13.0. The molecule has 130 valence electrons. The number of nitrogens with zero attached hydrogens (tertiary/aromatic N) is 2. The van der Waals surface area contributed by atoms with Crippen LogP contribution >= 0.6 is 23.1 Å². The van der Waals surface area contributed by atoms with E-state index in [4.69, 9.17) is 9.72 Å². The van der Waals surface area contributed by atoms with Crippen molar-refractivity contribution in [2.75, 3.05) is 12.4 Å². The first kappa shape index (κ1) is 17.5. The highest BCUT2D eigenvalue weighted by atomic mass is 32.2. The first-order chi connectivity index (χ1) is 11.7. The van der Waals surface area contributed by atoms with Gasteiger partial charge in [0.1, 0.15) is 4.83 Å². The summed E-state index contributed by atoms with van der Waals surface area (Å²) in [5.41, 5.74) is 1.26. The van der Waals surface area contributed by atoms with E-state index in [1.165, 1.54) is 28.6 Å². The first-order valence-corrected chi connectivity index (χ1v) is 10.3. The van der Waals surface area contributed by atoms with Gasteiger partial charge in [0.25, 0.3) is 5.56 Å². The number of hydrogen-bond donors (Lipinski definition) is 0. The molecule has 0 saturated heterocycles. The van der Waals surface area contributed by atoms with Crippen LogP contribution in [0.1, 0.15) is 43.6 Å². The summed E-state index contributed by atoms with van der Waals surface area (Å²) in [5.74, 6) is -0.0917. The number of carbonyl (C=O) groups is 1. The molecule has 0 bridgehead atoms. The Morgan fingerprint density at radius 3 is 2.88 bits per heavy atom. The molecular formula is C17H22N2O3S2. The van der Waals surface area contributed by atoms with E-state index in [2.05, 4.69) is 0 Å². The van der Waals surface area contributed by atoms with E-state index in [-0.39, 0.29) is 17.3 Å². The molecule has 0 unspecified atom stereocenters. The Morgan fingerprint density at radius 2 is 2.12 bits per heavy atom. The molecule has 0 N–H and O–H groups in total. The average Bonchev–Trinajstić information content (AvgIpc) is 2.94. The lowest BCUT2D eigenvalue weighted by Gasteiger charge is -2.12. The SMILES string of the molecule is CCCn1c(SCC(=O)OCC)nc2sc3c(c2c1=O)CCCC3. The number of esters is 1. The largest absolute Gasteiger partial charge is 0.465 e. The van der Waals surface area contributed by atoms with E-state index in [0.717, 1.165) is 35.9 Å². The van der Waals surface area contributed by atoms with Crippen molar-refractivity contribution in [3.05, 3.63) is 20.8 Å². The van der Waals surface area contributed by atoms with Crippen molar-refractivity contribution >= 4 is 39.3 Å². The zero-order valence-corrected chi connectivity index (χ0v) is 15.7. The van der Waals surface area contributed by atoms with Gasteiger partial charge >= 0.3 is 5.97 Å². The van der Waals surface area contributed by atoms with Crippen LogP contribution in [0.2, 0.25) is 0 Å². The Kier molecular flexibility index (Phi) is 5.61. The number of thiophene rings is 1. The van der Waals surface area contributed by atoms with E-state index >= 15 is 0 Å². The summed E-state index contributed by atoms with van der Waals surface area (Å²) in [4.78, 5) is 31.5. The van der Waals surface area contributed by atoms with Crippen LogP contribution in [0.25, 0.3) is 10.2 Å². The molecule has 24 heavy (non-hydrogen) atoms. The van der Waals surface area contributed by atoms with Gasteiger partial charge in [-0.2, -0.15) is 0 Å². The molecule has 0 fully saturated rings. The van der Waals surface area contributed by atoms with Crippen LogP contribution in [0, 0.1) is 0 Å². The van der Waals surface area contributed by atoms with Crippen LogP contribution in [0.4, 0.5) is 0 Å². The molecule has 3 rings (SSSR count). The molecule has 0 aliphatic heterocycles. The molecule has 5 nitrogen and oxygen atoms in total. The maximum atomic E-state index is 13.0. The molecule has 1 aliphatic carbocycles. The quantitative estimate of drug-likeness (QED) is 0.445. The summed E-state index contributed by atoms with van der Waals surface area (Å²) in [6, 6.07) is 0. The van der Waals surface area contributed by atoms with Gasteiger partial charge in [0.15, 0.2) is 5.16 Å². The van der Waals surface area contributed by atoms with Crippen molar-refractivity contribution in [2.24, 2.45) is 0 Å². The van der Waals surface area contributed by atoms with Gasteiger partial charge < -0.3 is 4.74 Å². The van der Waals surface area contributed by atoms with Gasteiger partial charge in [-0.1, -0.05) is 18.7 Å². The standard InChI is InChI=1S/C17H22N2O3S2/c1-3-9-19-16(21)14-11-7-5-6-8-12(11)24-15(14)18-17(19)23-10-13(20)22-4-2/h3-10H2,1-2H3. The minimum absolute atomic E-state index is 0.0487. The molecule has 2 aromatic rings. The molecule has 1 aliphatic rings. The second-order valence-electron chi connectivity index (χ2n) is 5.84. The Labute approximate surface area is 149 Å². The molecule has 2 heterocycles. The summed E-state index contributed by atoms with van der Waals surface area (Å²) in [6.45, 7) is 4.82. The van der Waals surface area contributed by atoms with E-state index in [1.54, 1.807) is 22.8 Å². The lowest BCUT2D eigenvalue weighted by molar-refractivity contribution is -0.139. The van der Waals surface area contributed by atoms with Crippen molar-refractivity contribution in [2.45, 2.75) is 57.7 Å². The van der Waals surface area contributed by atoms with Crippen molar-refractivity contribution in [1.29, 1.82) is 0 Å². The van der Waals surface area contributed by atoms with E-state index in [0.29, 0.717) is 18.3 Å². The highest BCUT2D eigenvalue weighted by molar-refractivity contribution is 7.99. The highest BCUT2D eigenvalue weighted by Crippen LogP contribution is 2.34. The van der Waals surface area contributed by atoms with Gasteiger partial charge in [-0.3, -0.25) is 14.2 Å². The monoisotopic (exact) mass is 366 g/mol. The van der Waals surface area contributed by atoms with Crippen LogP contribution in [-0.2, 0) is 28.9 Å². The van der Waals surface area contributed by atoms with Crippen LogP contribution in [0.5, 0.6) is 0 Å². The number of ether oxygens (including phenoxy) is 1. The fourth-order valence-corrected chi connectivity index (χ4v) is 5.20. The number of aromatic nitrogens is 2. The van der Waals surface area contributed by atoms with Gasteiger partial charge in [0.2, 0.25) is 0 Å². The molecule has 2 aromatic heterocycles. The zero-order valence-electron chi connectivity index (χ0n) is 14.1. The molecule has 7 heteroatoms. The molecule has 0 amide bonds. The van der Waals surface area contributed by atoms with Crippen molar-refractivity contribution in [1.82, 2.24) is 9.55 Å². The van der Waals surface area contributed by atoms with Gasteiger partial charge in [-0.15, -0.1) is 11.3 Å². The number of hydrogen-bond acceptors (Lipinski definition) is 6. The van der Waals surface area contributed by atoms with Crippen molar-refractivity contribution < 1.29 is 9.53 Å². The minimum Gasteiger partial charge on any atom is -0.465 e. The fraction of sp³-hybridized carbons (Fsp3) is 0.588. The lowest BCUT2D eigenvalue weighted by Crippen LogP contribution is -2.24. The van der Waals surface area contributed by atoms with Gasteiger partial charge in [-0.25, -0.2) is 4.98 Å². The van der Waals surface area contributed by atoms with E-state index < -0.39 is 0 Å². The van der Waals surface area contributed by atoms with Gasteiger partial charge in [0.05, 0.1) is 17.7 Å². The smallest absolute Gasteiger partial charge is 0.316 e. The Balaban J connectivity index is 2.03. The third-order valence-electron chi connectivity index (χ3n) is 4.11. The number of fused-ring (bicyclic) bond motifs is 3. The fourth-order valence-electron chi connectivity index (χ4n) is 3.08. The molecule has 0 aromatic carbocycles. The summed E-state index contributed by atoms with van der Waals surface area (Å²) in [6.07, 6.45) is 5.22. The first-order valence-electron chi connectivity index (χ1n) is 8.49. The van der Waals surface area contributed by atoms with Crippen LogP contribution in [0.3, 0.4) is 0 Å². The Bertz CT molecular complexity index is 810. The van der Waals surface area contributed by atoms with Crippen LogP contribution in [-0.4, -0.2) is 27.9 Å². The Morgan fingerprint density at radius 1 is 1.33 bits per heavy atom. The molecule has 0 spiro atoms. The number of carbonyl (C=O) groups excluding carboxylic acids is 1. The predicted octanol–water partition coefficient (Wildman–Crippen LogP) is 3.40. The summed E-state index contributed by atoms with van der Waals surface area (Å²) < 4.78 is 6.71. The van der Waals surface area contributed by atoms with Gasteiger partial charge in [0, 0.05) is 11.4 Å². The van der Waals surface area contributed by atoms with Gasteiger partial charge in [-0.05, 0) is 44.6 Å². The number of aryl methyl sites for hydroxylation is 2. The average molecular weight is 367 g/mol. The lowest BCUT2D eigenvalue weighted by atomic mass is 9.97. The summed E-state index contributed by atoms with van der Waals surface area (Å²) >= 11 is 2.94.